The van der Waals surface area contributed by atoms with Gasteiger partial charge in [0.05, 0.1) is 6.42 Å². The highest BCUT2D eigenvalue weighted by Crippen LogP contribution is 2.28. The summed E-state index contributed by atoms with van der Waals surface area (Å²) in [5.41, 5.74) is 0.815. The predicted molar refractivity (Wildman–Crippen MR) is 94.4 cm³/mol. The molecule has 1 aliphatic heterocycles. The Morgan fingerprint density at radius 3 is 2.36 bits per heavy atom. The van der Waals surface area contributed by atoms with Crippen molar-refractivity contribution in [2.24, 2.45) is 5.92 Å². The van der Waals surface area contributed by atoms with Crippen molar-refractivity contribution in [2.75, 3.05) is 19.6 Å². The second-order valence-electron chi connectivity index (χ2n) is 6.71. The lowest BCUT2D eigenvalue weighted by Gasteiger charge is -2.32. The van der Waals surface area contributed by atoms with Crippen molar-refractivity contribution in [1.29, 1.82) is 0 Å². The van der Waals surface area contributed by atoms with Crippen molar-refractivity contribution >= 4 is 18.3 Å². The van der Waals surface area contributed by atoms with Crippen molar-refractivity contribution in [3.05, 3.63) is 29.8 Å². The molecule has 2 fully saturated rings. The number of likely N-dealkylation sites (tertiary alicyclic amines) is 1. The summed E-state index contributed by atoms with van der Waals surface area (Å²) in [6.45, 7) is -0.139. The lowest BCUT2D eigenvalue weighted by Crippen LogP contribution is -2.45. The van der Waals surface area contributed by atoms with E-state index in [1.54, 1.807) is 12.1 Å². The molecule has 7 heteroatoms. The third-order valence-electron chi connectivity index (χ3n) is 4.74. The van der Waals surface area contributed by atoms with E-state index >= 15 is 0 Å². The normalized spacial score (nSPS) is 18.1. The van der Waals surface area contributed by atoms with Gasteiger partial charge in [-0.05, 0) is 55.8 Å². The van der Waals surface area contributed by atoms with E-state index < -0.39 is 6.61 Å². The summed E-state index contributed by atoms with van der Waals surface area (Å²) in [6, 6.07) is 6.81. The fourth-order valence-corrected chi connectivity index (χ4v) is 3.06. The molecular weight excluding hydrogens is 350 g/mol. The fraction of sp³-hybridized carbons (Fsp3) is 0.611. The third kappa shape index (κ3) is 6.44. The molecule has 0 bridgehead atoms. The van der Waals surface area contributed by atoms with Crippen LogP contribution in [-0.2, 0) is 11.2 Å². The zero-order chi connectivity index (χ0) is 16.9. The molecule has 1 aromatic rings. The standard InChI is InChI=1S/C18H24F2N2O2.ClH/c19-18(20)24-16-5-3-13(4-6-16)11-17(23)22-9-7-15(8-10-22)21-12-14-1-2-14;/h3-6,14-15,18,21H,1-2,7-12H2;1H. The predicted octanol–water partition coefficient (Wildman–Crippen LogP) is 3.24. The van der Waals surface area contributed by atoms with E-state index in [1.165, 1.54) is 25.0 Å². The lowest BCUT2D eigenvalue weighted by atomic mass is 10.0. The molecule has 0 radical (unpaired) electrons. The second-order valence-corrected chi connectivity index (χ2v) is 6.71. The molecule has 4 nitrogen and oxygen atoms in total. The Labute approximate surface area is 153 Å². The number of nitrogens with zero attached hydrogens (tertiary/aromatic N) is 1. The van der Waals surface area contributed by atoms with Crippen molar-refractivity contribution < 1.29 is 18.3 Å². The van der Waals surface area contributed by atoms with Crippen LogP contribution in [0.1, 0.15) is 31.2 Å². The van der Waals surface area contributed by atoms with Crippen molar-refractivity contribution in [2.45, 2.75) is 44.8 Å². The van der Waals surface area contributed by atoms with Gasteiger partial charge in [-0.3, -0.25) is 4.79 Å². The largest absolute Gasteiger partial charge is 0.435 e. The van der Waals surface area contributed by atoms with Crippen LogP contribution in [0.3, 0.4) is 0 Å². The molecule has 1 N–H and O–H groups in total. The molecule has 0 unspecified atom stereocenters. The number of hydrogen-bond acceptors (Lipinski definition) is 3. The first-order chi connectivity index (χ1) is 11.6. The molecule has 0 atom stereocenters. The number of amides is 1. The Bertz CT molecular complexity index is 545. The highest BCUT2D eigenvalue weighted by atomic mass is 35.5. The van der Waals surface area contributed by atoms with Crippen molar-refractivity contribution in [1.82, 2.24) is 10.2 Å². The van der Waals surface area contributed by atoms with Gasteiger partial charge in [-0.25, -0.2) is 0 Å². The van der Waals surface area contributed by atoms with Crippen LogP contribution in [0.4, 0.5) is 8.78 Å². The van der Waals surface area contributed by atoms with Crippen LogP contribution in [0, 0.1) is 5.92 Å². The van der Waals surface area contributed by atoms with Gasteiger partial charge < -0.3 is 15.0 Å². The maximum absolute atomic E-state index is 12.4. The Hall–Kier alpha value is -1.40. The van der Waals surface area contributed by atoms with Gasteiger partial charge in [0.1, 0.15) is 5.75 Å². The number of nitrogens with one attached hydrogen (secondary N) is 1. The second kappa shape index (κ2) is 9.34. The fourth-order valence-electron chi connectivity index (χ4n) is 3.06. The van der Waals surface area contributed by atoms with E-state index in [0.717, 1.165) is 44.0 Å². The minimum atomic E-state index is -2.83. The molecule has 1 saturated carbocycles. The van der Waals surface area contributed by atoms with Gasteiger partial charge in [0.15, 0.2) is 0 Å². The summed E-state index contributed by atoms with van der Waals surface area (Å²) in [5, 5.41) is 3.60. The number of carbonyl (C=O) groups excluding carboxylic acids is 1. The number of halogens is 3. The monoisotopic (exact) mass is 374 g/mol. The minimum absolute atomic E-state index is 0. The molecule has 1 aromatic carbocycles. The summed E-state index contributed by atoms with van der Waals surface area (Å²) >= 11 is 0. The van der Waals surface area contributed by atoms with E-state index in [0.29, 0.717) is 12.5 Å². The van der Waals surface area contributed by atoms with Crippen LogP contribution in [-0.4, -0.2) is 43.1 Å². The summed E-state index contributed by atoms with van der Waals surface area (Å²) in [4.78, 5) is 14.3. The van der Waals surface area contributed by atoms with E-state index in [1.807, 2.05) is 4.90 Å². The van der Waals surface area contributed by atoms with Crippen LogP contribution in [0.5, 0.6) is 5.75 Å². The number of alkyl halides is 2. The van der Waals surface area contributed by atoms with E-state index in [9.17, 15) is 13.6 Å². The van der Waals surface area contributed by atoms with E-state index in [2.05, 4.69) is 10.1 Å². The van der Waals surface area contributed by atoms with Gasteiger partial charge in [0.25, 0.3) is 0 Å². The SMILES string of the molecule is Cl.O=C(Cc1ccc(OC(F)F)cc1)N1CCC(NCC2CC2)CC1. The average Bonchev–Trinajstić information content (AvgIpc) is 3.39. The van der Waals surface area contributed by atoms with Crippen LogP contribution in [0.25, 0.3) is 0 Å². The third-order valence-corrected chi connectivity index (χ3v) is 4.74. The molecule has 0 spiro atoms. The molecule has 1 heterocycles. The highest BCUT2D eigenvalue weighted by molar-refractivity contribution is 5.85. The molecule has 25 heavy (non-hydrogen) atoms. The molecule has 0 aromatic heterocycles. The molecular formula is C18H25ClF2N2O2. The first-order valence-corrected chi connectivity index (χ1v) is 8.65. The quantitative estimate of drug-likeness (QED) is 0.796. The van der Waals surface area contributed by atoms with Crippen LogP contribution < -0.4 is 10.1 Å². The Morgan fingerprint density at radius 1 is 1.16 bits per heavy atom. The number of ether oxygens (including phenoxy) is 1. The van der Waals surface area contributed by atoms with Crippen molar-refractivity contribution in [3.63, 3.8) is 0 Å². The number of hydrogen-bond donors (Lipinski definition) is 1. The number of carbonyl (C=O) groups is 1. The molecule has 1 aliphatic carbocycles. The zero-order valence-electron chi connectivity index (χ0n) is 14.1. The van der Waals surface area contributed by atoms with Crippen LogP contribution in [0.15, 0.2) is 24.3 Å². The van der Waals surface area contributed by atoms with Gasteiger partial charge in [0, 0.05) is 19.1 Å². The highest BCUT2D eigenvalue weighted by Gasteiger charge is 2.25. The summed E-state index contributed by atoms with van der Waals surface area (Å²) in [7, 11) is 0. The summed E-state index contributed by atoms with van der Waals surface area (Å²) in [6.07, 6.45) is 5.01. The first kappa shape index (κ1) is 19.9. The number of benzene rings is 1. The molecule has 1 saturated heterocycles. The van der Waals surface area contributed by atoms with Crippen LogP contribution >= 0.6 is 12.4 Å². The number of piperidine rings is 1. The maximum atomic E-state index is 12.4. The average molecular weight is 375 g/mol. The molecule has 140 valence electrons. The van der Waals surface area contributed by atoms with Crippen molar-refractivity contribution in [3.8, 4) is 5.75 Å². The van der Waals surface area contributed by atoms with E-state index in [-0.39, 0.29) is 24.1 Å². The Kier molecular flexibility index (Phi) is 7.44. The van der Waals surface area contributed by atoms with Gasteiger partial charge in [0.2, 0.25) is 5.91 Å². The van der Waals surface area contributed by atoms with Crippen LogP contribution in [0.2, 0.25) is 0 Å². The molecule has 1 amide bonds. The maximum Gasteiger partial charge on any atom is 0.387 e. The Balaban J connectivity index is 0.00000225. The Morgan fingerprint density at radius 2 is 1.80 bits per heavy atom. The van der Waals surface area contributed by atoms with Gasteiger partial charge >= 0.3 is 6.61 Å². The van der Waals surface area contributed by atoms with Gasteiger partial charge in [-0.2, -0.15) is 8.78 Å². The molecule has 3 rings (SSSR count). The molecule has 2 aliphatic rings. The smallest absolute Gasteiger partial charge is 0.387 e. The lowest BCUT2D eigenvalue weighted by molar-refractivity contribution is -0.131. The van der Waals surface area contributed by atoms with Gasteiger partial charge in [-0.15, -0.1) is 12.4 Å². The summed E-state index contributed by atoms with van der Waals surface area (Å²) in [5.74, 6) is 1.09. The topological polar surface area (TPSA) is 41.6 Å². The van der Waals surface area contributed by atoms with E-state index in [4.69, 9.17) is 0 Å². The zero-order valence-corrected chi connectivity index (χ0v) is 14.9. The minimum Gasteiger partial charge on any atom is -0.435 e. The van der Waals surface area contributed by atoms with Gasteiger partial charge in [-0.1, -0.05) is 12.1 Å². The summed E-state index contributed by atoms with van der Waals surface area (Å²) < 4.78 is 28.6. The first-order valence-electron chi connectivity index (χ1n) is 8.65. The number of rotatable bonds is 7.